The summed E-state index contributed by atoms with van der Waals surface area (Å²) in [5, 5.41) is 3.40. The molecule has 0 saturated heterocycles. The molecule has 1 amide bonds. The Labute approximate surface area is 153 Å². The minimum atomic E-state index is -0.607. The van der Waals surface area contributed by atoms with Gasteiger partial charge in [-0.1, -0.05) is 24.3 Å². The average Bonchev–Trinajstić information content (AvgIpc) is 2.67. The lowest BCUT2D eigenvalue weighted by Crippen LogP contribution is -2.13. The Morgan fingerprint density at radius 2 is 1.93 bits per heavy atom. The van der Waals surface area contributed by atoms with Crippen molar-refractivity contribution in [2.75, 3.05) is 12.4 Å². The Bertz CT molecular complexity index is 1250. The highest BCUT2D eigenvalue weighted by molar-refractivity contribution is 6.08. The largest absolute Gasteiger partial charge is 0.497 e. The van der Waals surface area contributed by atoms with Gasteiger partial charge in [-0.25, -0.2) is 14.8 Å². The highest BCUT2D eigenvalue weighted by Gasteiger charge is 2.18. The van der Waals surface area contributed by atoms with Gasteiger partial charge in [0.05, 0.1) is 12.6 Å². The van der Waals surface area contributed by atoms with Crippen LogP contribution >= 0.6 is 0 Å². The SMILES string of the molecule is COc1cccc(-c2nc(NC(C)=O)c3c(=O)oc4ccccc4c3n2)c1. The number of nitrogens with zero attached hydrogens (tertiary/aromatic N) is 2. The molecule has 0 bridgehead atoms. The number of para-hydroxylation sites is 1. The van der Waals surface area contributed by atoms with Gasteiger partial charge in [-0.3, -0.25) is 4.79 Å². The summed E-state index contributed by atoms with van der Waals surface area (Å²) >= 11 is 0. The normalized spacial score (nSPS) is 10.9. The maximum atomic E-state index is 12.5. The Balaban J connectivity index is 2.10. The maximum Gasteiger partial charge on any atom is 0.349 e. The molecule has 0 unspecified atom stereocenters. The highest BCUT2D eigenvalue weighted by atomic mass is 16.5. The van der Waals surface area contributed by atoms with E-state index in [1.165, 1.54) is 6.92 Å². The zero-order chi connectivity index (χ0) is 19.0. The fourth-order valence-electron chi connectivity index (χ4n) is 2.90. The first-order valence-corrected chi connectivity index (χ1v) is 8.22. The molecule has 0 atom stereocenters. The van der Waals surface area contributed by atoms with Gasteiger partial charge in [0.15, 0.2) is 11.6 Å². The van der Waals surface area contributed by atoms with Crippen molar-refractivity contribution in [1.29, 1.82) is 0 Å². The second-order valence-electron chi connectivity index (χ2n) is 5.92. The minimum absolute atomic E-state index is 0.116. The van der Waals surface area contributed by atoms with Crippen LogP contribution in [-0.2, 0) is 4.79 Å². The molecule has 2 heterocycles. The number of fused-ring (bicyclic) bond motifs is 3. The highest BCUT2D eigenvalue weighted by Crippen LogP contribution is 2.29. The zero-order valence-electron chi connectivity index (χ0n) is 14.6. The van der Waals surface area contributed by atoms with Gasteiger partial charge in [-0.05, 0) is 24.3 Å². The number of hydrogen-bond acceptors (Lipinski definition) is 6. The van der Waals surface area contributed by atoms with E-state index in [2.05, 4.69) is 15.3 Å². The van der Waals surface area contributed by atoms with E-state index in [9.17, 15) is 9.59 Å². The molecule has 7 nitrogen and oxygen atoms in total. The van der Waals surface area contributed by atoms with Crippen molar-refractivity contribution in [2.24, 2.45) is 0 Å². The Kier molecular flexibility index (Phi) is 4.04. The third-order valence-corrected chi connectivity index (χ3v) is 4.08. The number of hydrogen-bond donors (Lipinski definition) is 1. The van der Waals surface area contributed by atoms with E-state index in [4.69, 9.17) is 9.15 Å². The van der Waals surface area contributed by atoms with Crippen LogP contribution < -0.4 is 15.7 Å². The van der Waals surface area contributed by atoms with Crippen molar-refractivity contribution in [3.05, 3.63) is 59.0 Å². The topological polar surface area (TPSA) is 94.3 Å². The molecule has 0 aliphatic rings. The van der Waals surface area contributed by atoms with Crippen LogP contribution in [0.2, 0.25) is 0 Å². The lowest BCUT2D eigenvalue weighted by atomic mass is 10.1. The molecule has 0 aliphatic carbocycles. The number of ether oxygens (including phenoxy) is 1. The second kappa shape index (κ2) is 6.53. The standard InChI is InChI=1S/C20H15N3O4/c1-11(24)21-19-16-17(14-8-3-4-9-15(14)27-20(16)25)22-18(23-19)12-6-5-7-13(10-12)26-2/h3-10H,1-2H3,(H,21,22,23,24). The molecule has 4 aromatic rings. The summed E-state index contributed by atoms with van der Waals surface area (Å²) in [6.07, 6.45) is 0. The van der Waals surface area contributed by atoms with Gasteiger partial charge in [0.2, 0.25) is 5.91 Å². The molecule has 134 valence electrons. The monoisotopic (exact) mass is 361 g/mol. The molecule has 2 aromatic carbocycles. The summed E-state index contributed by atoms with van der Waals surface area (Å²) in [5.74, 6) is 0.777. The van der Waals surface area contributed by atoms with Crippen LogP contribution in [0.5, 0.6) is 5.75 Å². The van der Waals surface area contributed by atoms with Gasteiger partial charge in [0, 0.05) is 17.9 Å². The Morgan fingerprint density at radius 1 is 1.11 bits per heavy atom. The van der Waals surface area contributed by atoms with E-state index >= 15 is 0 Å². The number of methoxy groups -OCH3 is 1. The summed E-state index contributed by atoms with van der Waals surface area (Å²) in [7, 11) is 1.57. The summed E-state index contributed by atoms with van der Waals surface area (Å²) in [6.45, 7) is 1.35. The molecule has 27 heavy (non-hydrogen) atoms. The predicted octanol–water partition coefficient (Wildman–Crippen LogP) is 3.37. The number of nitrogens with one attached hydrogen (secondary N) is 1. The average molecular weight is 361 g/mol. The smallest absolute Gasteiger partial charge is 0.349 e. The first kappa shape index (κ1) is 16.7. The summed E-state index contributed by atoms with van der Waals surface area (Å²) in [5.41, 5.74) is 0.919. The number of amides is 1. The van der Waals surface area contributed by atoms with E-state index in [-0.39, 0.29) is 17.1 Å². The van der Waals surface area contributed by atoms with Crippen LogP contribution in [0.1, 0.15) is 6.92 Å². The number of carbonyl (C=O) groups excluding carboxylic acids is 1. The van der Waals surface area contributed by atoms with Crippen LogP contribution in [0.15, 0.2) is 57.7 Å². The van der Waals surface area contributed by atoms with Crippen molar-refractivity contribution >= 4 is 33.6 Å². The fourth-order valence-corrected chi connectivity index (χ4v) is 2.90. The molecule has 4 rings (SSSR count). The predicted molar refractivity (Wildman–Crippen MR) is 102 cm³/mol. The van der Waals surface area contributed by atoms with Crippen molar-refractivity contribution in [2.45, 2.75) is 6.92 Å². The first-order valence-electron chi connectivity index (χ1n) is 8.22. The van der Waals surface area contributed by atoms with Crippen LogP contribution in [0.4, 0.5) is 5.82 Å². The van der Waals surface area contributed by atoms with E-state index in [1.54, 1.807) is 31.4 Å². The van der Waals surface area contributed by atoms with Gasteiger partial charge in [-0.2, -0.15) is 0 Å². The number of rotatable bonds is 3. The summed E-state index contributed by atoms with van der Waals surface area (Å²) in [6, 6.07) is 14.3. The number of benzene rings is 2. The second-order valence-corrected chi connectivity index (χ2v) is 5.92. The Hall–Kier alpha value is -3.74. The molecule has 0 fully saturated rings. The molecular weight excluding hydrogens is 346 g/mol. The van der Waals surface area contributed by atoms with E-state index in [0.29, 0.717) is 33.6 Å². The van der Waals surface area contributed by atoms with Gasteiger partial charge in [0.1, 0.15) is 16.7 Å². The van der Waals surface area contributed by atoms with Crippen LogP contribution in [0.3, 0.4) is 0 Å². The van der Waals surface area contributed by atoms with Crippen molar-refractivity contribution in [1.82, 2.24) is 9.97 Å². The van der Waals surface area contributed by atoms with Crippen LogP contribution in [0.25, 0.3) is 33.3 Å². The van der Waals surface area contributed by atoms with Gasteiger partial charge < -0.3 is 14.5 Å². The molecule has 1 N–H and O–H groups in total. The van der Waals surface area contributed by atoms with E-state index < -0.39 is 5.63 Å². The van der Waals surface area contributed by atoms with Crippen molar-refractivity contribution in [3.8, 4) is 17.1 Å². The van der Waals surface area contributed by atoms with Crippen molar-refractivity contribution in [3.63, 3.8) is 0 Å². The molecular formula is C20H15N3O4. The van der Waals surface area contributed by atoms with Crippen molar-refractivity contribution < 1.29 is 13.9 Å². The third-order valence-electron chi connectivity index (χ3n) is 4.08. The molecule has 7 heteroatoms. The molecule has 0 saturated carbocycles. The number of carbonyl (C=O) groups is 1. The van der Waals surface area contributed by atoms with E-state index in [0.717, 1.165) is 0 Å². The van der Waals surface area contributed by atoms with Crippen LogP contribution in [0, 0.1) is 0 Å². The lowest BCUT2D eigenvalue weighted by Gasteiger charge is -2.10. The number of aromatic nitrogens is 2. The molecule has 0 radical (unpaired) electrons. The minimum Gasteiger partial charge on any atom is -0.497 e. The van der Waals surface area contributed by atoms with Crippen LogP contribution in [-0.4, -0.2) is 23.0 Å². The van der Waals surface area contributed by atoms with E-state index in [1.807, 2.05) is 24.3 Å². The molecule has 0 aliphatic heterocycles. The van der Waals surface area contributed by atoms with Gasteiger partial charge in [0.25, 0.3) is 0 Å². The lowest BCUT2D eigenvalue weighted by molar-refractivity contribution is -0.114. The fraction of sp³-hybridized carbons (Fsp3) is 0.100. The number of anilines is 1. The molecule has 2 aromatic heterocycles. The first-order chi connectivity index (χ1) is 13.1. The summed E-state index contributed by atoms with van der Waals surface area (Å²) in [4.78, 5) is 33.2. The maximum absolute atomic E-state index is 12.5. The van der Waals surface area contributed by atoms with Gasteiger partial charge in [-0.15, -0.1) is 0 Å². The Morgan fingerprint density at radius 3 is 2.70 bits per heavy atom. The molecule has 0 spiro atoms. The van der Waals surface area contributed by atoms with Gasteiger partial charge >= 0.3 is 5.63 Å². The third kappa shape index (κ3) is 2.99. The quantitative estimate of drug-likeness (QED) is 0.444. The summed E-state index contributed by atoms with van der Waals surface area (Å²) < 4.78 is 10.6. The zero-order valence-corrected chi connectivity index (χ0v) is 14.6.